The molecule has 0 heterocycles. The van der Waals surface area contributed by atoms with Gasteiger partial charge in [-0.1, -0.05) is 23.2 Å². The number of ketones is 1. The van der Waals surface area contributed by atoms with E-state index in [9.17, 15) is 14.4 Å². The van der Waals surface area contributed by atoms with Crippen LogP contribution < -0.4 is 10.1 Å². The van der Waals surface area contributed by atoms with Gasteiger partial charge in [-0.25, -0.2) is 0 Å². The fourth-order valence-electron chi connectivity index (χ4n) is 1.98. The van der Waals surface area contributed by atoms with Gasteiger partial charge in [0.05, 0.1) is 12.1 Å². The molecule has 0 atom stereocenters. The van der Waals surface area contributed by atoms with E-state index in [-0.39, 0.29) is 17.1 Å². The number of ether oxygens (including phenoxy) is 2. The number of amides is 1. The molecule has 0 fully saturated rings. The van der Waals surface area contributed by atoms with Gasteiger partial charge in [-0.05, 0) is 42.5 Å². The molecule has 0 aliphatic heterocycles. The standard InChI is InChI=1S/C18H15Cl2NO5/c1-25-16-7-4-12(8-14(16)20)15(22)10-26-17(23)9-21-18(24)11-2-5-13(19)6-3-11/h2-8H,9-10H2,1H3,(H,21,24). The summed E-state index contributed by atoms with van der Waals surface area (Å²) in [5, 5.41) is 3.18. The molecule has 0 radical (unpaired) electrons. The molecule has 0 aliphatic carbocycles. The molecule has 1 amide bonds. The molecule has 8 heteroatoms. The predicted octanol–water partition coefficient (Wildman–Crippen LogP) is 3.16. The van der Waals surface area contributed by atoms with Crippen LogP contribution in [-0.4, -0.2) is 37.9 Å². The molecule has 0 unspecified atom stereocenters. The van der Waals surface area contributed by atoms with E-state index < -0.39 is 24.3 Å². The first kappa shape index (κ1) is 19.8. The Bertz CT molecular complexity index is 821. The molecule has 0 saturated heterocycles. The van der Waals surface area contributed by atoms with E-state index in [0.29, 0.717) is 16.3 Å². The number of Topliss-reactive ketones (excluding diaryl/α,β-unsaturated/α-hetero) is 1. The first-order chi connectivity index (χ1) is 12.4. The van der Waals surface area contributed by atoms with E-state index in [0.717, 1.165) is 0 Å². The van der Waals surface area contributed by atoms with Gasteiger partial charge in [0.2, 0.25) is 0 Å². The van der Waals surface area contributed by atoms with Crippen molar-refractivity contribution in [3.05, 3.63) is 63.6 Å². The fraction of sp³-hybridized carbons (Fsp3) is 0.167. The van der Waals surface area contributed by atoms with Gasteiger partial charge in [0, 0.05) is 16.1 Å². The topological polar surface area (TPSA) is 81.7 Å². The Morgan fingerprint density at radius 1 is 1.00 bits per heavy atom. The number of halogens is 2. The Hall–Kier alpha value is -2.57. The van der Waals surface area contributed by atoms with E-state index in [1.54, 1.807) is 18.2 Å². The van der Waals surface area contributed by atoms with E-state index in [4.69, 9.17) is 32.7 Å². The normalized spacial score (nSPS) is 10.1. The average molecular weight is 396 g/mol. The van der Waals surface area contributed by atoms with Gasteiger partial charge in [-0.3, -0.25) is 14.4 Å². The number of carbonyl (C=O) groups excluding carboxylic acids is 3. The van der Waals surface area contributed by atoms with Crippen LogP contribution in [0.2, 0.25) is 10.0 Å². The molecule has 6 nitrogen and oxygen atoms in total. The minimum absolute atomic E-state index is 0.278. The zero-order valence-electron chi connectivity index (χ0n) is 13.8. The number of hydrogen-bond acceptors (Lipinski definition) is 5. The third-order valence-electron chi connectivity index (χ3n) is 3.34. The van der Waals surface area contributed by atoms with Crippen LogP contribution in [0.4, 0.5) is 0 Å². The number of nitrogens with one attached hydrogen (secondary N) is 1. The lowest BCUT2D eigenvalue weighted by molar-refractivity contribution is -0.141. The summed E-state index contributed by atoms with van der Waals surface area (Å²) in [7, 11) is 1.46. The quantitative estimate of drug-likeness (QED) is 0.575. The molecule has 0 saturated carbocycles. The molecule has 1 N–H and O–H groups in total. The summed E-state index contributed by atoms with van der Waals surface area (Å²) in [6.45, 7) is -0.823. The van der Waals surface area contributed by atoms with Crippen molar-refractivity contribution in [3.8, 4) is 5.75 Å². The third-order valence-corrected chi connectivity index (χ3v) is 3.89. The van der Waals surface area contributed by atoms with E-state index >= 15 is 0 Å². The van der Waals surface area contributed by atoms with Crippen molar-refractivity contribution in [2.75, 3.05) is 20.3 Å². The van der Waals surface area contributed by atoms with Gasteiger partial charge >= 0.3 is 5.97 Å². The van der Waals surface area contributed by atoms with E-state index in [1.165, 1.54) is 31.4 Å². The summed E-state index contributed by atoms with van der Waals surface area (Å²) in [6, 6.07) is 10.7. The van der Waals surface area contributed by atoms with Crippen molar-refractivity contribution < 1.29 is 23.9 Å². The summed E-state index contributed by atoms with van der Waals surface area (Å²) in [5.74, 6) is -1.18. The van der Waals surface area contributed by atoms with Crippen molar-refractivity contribution in [1.29, 1.82) is 0 Å². The Balaban J connectivity index is 1.81. The van der Waals surface area contributed by atoms with Crippen LogP contribution in [0.1, 0.15) is 20.7 Å². The molecular weight excluding hydrogens is 381 g/mol. The Morgan fingerprint density at radius 2 is 1.65 bits per heavy atom. The maximum atomic E-state index is 12.0. The van der Waals surface area contributed by atoms with Crippen molar-refractivity contribution in [2.45, 2.75) is 0 Å². The molecule has 2 aromatic rings. The average Bonchev–Trinajstić information content (AvgIpc) is 2.64. The van der Waals surface area contributed by atoms with Gasteiger partial charge in [0.15, 0.2) is 12.4 Å². The lowest BCUT2D eigenvalue weighted by Crippen LogP contribution is -2.31. The van der Waals surface area contributed by atoms with Crippen LogP contribution in [0.15, 0.2) is 42.5 Å². The Kier molecular flexibility index (Phi) is 7.00. The summed E-state index contributed by atoms with van der Waals surface area (Å²) >= 11 is 11.7. The second-order valence-corrected chi connectivity index (χ2v) is 5.97. The number of methoxy groups -OCH3 is 1. The summed E-state index contributed by atoms with van der Waals surface area (Å²) in [6.07, 6.45) is 0. The zero-order valence-corrected chi connectivity index (χ0v) is 15.3. The maximum absolute atomic E-state index is 12.0. The van der Waals surface area contributed by atoms with Crippen molar-refractivity contribution in [3.63, 3.8) is 0 Å². The SMILES string of the molecule is COc1ccc(C(=O)COC(=O)CNC(=O)c2ccc(Cl)cc2)cc1Cl. The minimum Gasteiger partial charge on any atom is -0.495 e. The molecule has 26 heavy (non-hydrogen) atoms. The van der Waals surface area contributed by atoms with Gasteiger partial charge in [0.1, 0.15) is 12.3 Å². The second kappa shape index (κ2) is 9.22. The molecule has 0 spiro atoms. The van der Waals surface area contributed by atoms with Crippen LogP contribution in [0.25, 0.3) is 0 Å². The lowest BCUT2D eigenvalue weighted by Gasteiger charge is -2.08. The van der Waals surface area contributed by atoms with Gasteiger partial charge in [-0.2, -0.15) is 0 Å². The third kappa shape index (κ3) is 5.47. The number of esters is 1. The highest BCUT2D eigenvalue weighted by molar-refractivity contribution is 6.32. The maximum Gasteiger partial charge on any atom is 0.325 e. The molecular formula is C18H15Cl2NO5. The summed E-state index contributed by atoms with van der Waals surface area (Å²) in [5.41, 5.74) is 0.639. The number of hydrogen-bond donors (Lipinski definition) is 1. The number of carbonyl (C=O) groups is 3. The molecule has 2 aromatic carbocycles. The summed E-state index contributed by atoms with van der Waals surface area (Å²) in [4.78, 5) is 35.6. The van der Waals surface area contributed by atoms with Gasteiger partial charge in [0.25, 0.3) is 5.91 Å². The summed E-state index contributed by atoms with van der Waals surface area (Å²) < 4.78 is 9.86. The van der Waals surface area contributed by atoms with Crippen LogP contribution >= 0.6 is 23.2 Å². The van der Waals surface area contributed by atoms with Crippen molar-refractivity contribution in [1.82, 2.24) is 5.32 Å². The largest absolute Gasteiger partial charge is 0.495 e. The molecule has 0 aromatic heterocycles. The Morgan fingerprint density at radius 3 is 2.27 bits per heavy atom. The zero-order chi connectivity index (χ0) is 19.1. The molecule has 2 rings (SSSR count). The number of rotatable bonds is 7. The fourth-order valence-corrected chi connectivity index (χ4v) is 2.36. The van der Waals surface area contributed by atoms with Crippen LogP contribution in [-0.2, 0) is 9.53 Å². The smallest absolute Gasteiger partial charge is 0.325 e. The van der Waals surface area contributed by atoms with Crippen LogP contribution in [0.3, 0.4) is 0 Å². The van der Waals surface area contributed by atoms with Crippen LogP contribution in [0.5, 0.6) is 5.75 Å². The van der Waals surface area contributed by atoms with E-state index in [1.807, 2.05) is 0 Å². The van der Waals surface area contributed by atoms with E-state index in [2.05, 4.69) is 5.32 Å². The minimum atomic E-state index is -0.736. The predicted molar refractivity (Wildman–Crippen MR) is 97.1 cm³/mol. The van der Waals surface area contributed by atoms with Gasteiger partial charge < -0.3 is 14.8 Å². The first-order valence-electron chi connectivity index (χ1n) is 7.47. The Labute approximate surface area is 160 Å². The number of benzene rings is 2. The molecule has 0 bridgehead atoms. The van der Waals surface area contributed by atoms with Crippen molar-refractivity contribution in [2.24, 2.45) is 0 Å². The van der Waals surface area contributed by atoms with Crippen molar-refractivity contribution >= 4 is 40.9 Å². The highest BCUT2D eigenvalue weighted by Crippen LogP contribution is 2.25. The highest BCUT2D eigenvalue weighted by Gasteiger charge is 2.13. The molecule has 0 aliphatic rings. The lowest BCUT2D eigenvalue weighted by atomic mass is 10.1. The molecule has 136 valence electrons. The monoisotopic (exact) mass is 395 g/mol. The first-order valence-corrected chi connectivity index (χ1v) is 8.22. The van der Waals surface area contributed by atoms with Gasteiger partial charge in [-0.15, -0.1) is 0 Å². The second-order valence-electron chi connectivity index (χ2n) is 5.12. The van der Waals surface area contributed by atoms with Crippen LogP contribution in [0, 0.1) is 0 Å². The highest BCUT2D eigenvalue weighted by atomic mass is 35.5.